The molecule has 1 aromatic rings. The zero-order chi connectivity index (χ0) is 18.8. The highest BCUT2D eigenvalue weighted by atomic mass is 16.3. The highest BCUT2D eigenvalue weighted by Gasteiger charge is 2.37. The Bertz CT molecular complexity index is 573. The molecule has 1 aliphatic rings. The monoisotopic (exact) mass is 349 g/mol. The third kappa shape index (κ3) is 5.06. The van der Waals surface area contributed by atoms with Crippen molar-refractivity contribution < 1.29 is 9.90 Å². The number of hydrogen-bond donors (Lipinski definition) is 3. The lowest BCUT2D eigenvalue weighted by Gasteiger charge is -2.41. The van der Waals surface area contributed by atoms with Crippen molar-refractivity contribution in [3.8, 4) is 0 Å². The van der Waals surface area contributed by atoms with E-state index in [2.05, 4.69) is 36.3 Å². The van der Waals surface area contributed by atoms with Gasteiger partial charge in [0, 0.05) is 18.7 Å². The van der Waals surface area contributed by atoms with Gasteiger partial charge in [-0.1, -0.05) is 27.7 Å². The number of hydrogen-bond acceptors (Lipinski definition) is 3. The van der Waals surface area contributed by atoms with E-state index in [-0.39, 0.29) is 11.8 Å². The Morgan fingerprint density at radius 1 is 1.36 bits per heavy atom. The van der Waals surface area contributed by atoms with Gasteiger partial charge >= 0.3 is 0 Å². The van der Waals surface area contributed by atoms with Crippen LogP contribution in [0.2, 0.25) is 0 Å². The number of nitrogens with one attached hydrogen (secondary N) is 2. The fourth-order valence-corrected chi connectivity index (χ4v) is 4.20. The number of carbonyl (C=O) groups excluding carboxylic acids is 1. The maximum absolute atomic E-state index is 12.3. The smallest absolute Gasteiger partial charge is 0.220 e. The molecule has 1 aromatic heterocycles. The van der Waals surface area contributed by atoms with E-state index in [4.69, 9.17) is 0 Å². The minimum atomic E-state index is -0.748. The quantitative estimate of drug-likeness (QED) is 0.760. The molecule has 0 spiro atoms. The van der Waals surface area contributed by atoms with E-state index in [0.29, 0.717) is 24.3 Å². The molecule has 1 heterocycles. The Hall–Kier alpha value is -1.36. The molecule has 1 fully saturated rings. The summed E-state index contributed by atoms with van der Waals surface area (Å²) in [5.74, 6) is 0.763. The van der Waals surface area contributed by atoms with Gasteiger partial charge in [-0.3, -0.25) is 9.89 Å². The van der Waals surface area contributed by atoms with Crippen molar-refractivity contribution in [3.05, 3.63) is 17.0 Å². The van der Waals surface area contributed by atoms with Gasteiger partial charge in [0.05, 0.1) is 11.3 Å². The summed E-state index contributed by atoms with van der Waals surface area (Å²) in [6.45, 7) is 13.2. The third-order valence-electron chi connectivity index (χ3n) is 5.93. The first kappa shape index (κ1) is 20.0. The van der Waals surface area contributed by atoms with Gasteiger partial charge in [-0.05, 0) is 62.3 Å². The first-order chi connectivity index (χ1) is 11.5. The van der Waals surface area contributed by atoms with Crippen molar-refractivity contribution >= 4 is 5.91 Å². The van der Waals surface area contributed by atoms with E-state index in [9.17, 15) is 9.90 Å². The number of aromatic amines is 1. The maximum atomic E-state index is 12.3. The Kier molecular flexibility index (Phi) is 5.97. The Morgan fingerprint density at radius 2 is 1.96 bits per heavy atom. The van der Waals surface area contributed by atoms with Crippen LogP contribution in [0.1, 0.15) is 82.7 Å². The molecule has 0 aliphatic heterocycles. The Labute approximate surface area is 152 Å². The molecule has 142 valence electrons. The molecule has 5 heteroatoms. The van der Waals surface area contributed by atoms with Gasteiger partial charge < -0.3 is 10.4 Å². The first-order valence-electron chi connectivity index (χ1n) is 9.52. The van der Waals surface area contributed by atoms with Crippen LogP contribution in [0.5, 0.6) is 0 Å². The van der Waals surface area contributed by atoms with E-state index < -0.39 is 5.60 Å². The summed E-state index contributed by atoms with van der Waals surface area (Å²) >= 11 is 0. The van der Waals surface area contributed by atoms with E-state index in [1.165, 1.54) is 0 Å². The summed E-state index contributed by atoms with van der Waals surface area (Å²) in [7, 11) is 0. The summed E-state index contributed by atoms with van der Waals surface area (Å²) in [5.41, 5.74) is 2.65. The first-order valence-corrected chi connectivity index (χ1v) is 9.52. The molecular formula is C20H35N3O2. The Morgan fingerprint density at radius 3 is 2.44 bits per heavy atom. The molecule has 1 atom stereocenters. The molecule has 0 radical (unpaired) electrons. The van der Waals surface area contributed by atoms with Crippen LogP contribution in [0.3, 0.4) is 0 Å². The van der Waals surface area contributed by atoms with Crippen LogP contribution in [0.25, 0.3) is 0 Å². The number of carbonyl (C=O) groups is 1. The highest BCUT2D eigenvalue weighted by Crippen LogP contribution is 2.41. The van der Waals surface area contributed by atoms with Gasteiger partial charge in [0.25, 0.3) is 0 Å². The number of aryl methyl sites for hydroxylation is 2. The Balaban J connectivity index is 1.82. The van der Waals surface area contributed by atoms with Gasteiger partial charge in [-0.2, -0.15) is 5.10 Å². The standard InChI is InChI=1S/C20H35N3O2/c1-13(18-14(2)22-23-15(18)3)11-17(24)21-12-20(25)9-7-16(8-10-20)19(4,5)6/h13,16,25H,7-12H2,1-6H3,(H,21,24)(H,22,23). The molecular weight excluding hydrogens is 314 g/mol. The topological polar surface area (TPSA) is 78.0 Å². The minimum absolute atomic E-state index is 0.00105. The average molecular weight is 350 g/mol. The summed E-state index contributed by atoms with van der Waals surface area (Å²) in [5, 5.41) is 20.9. The summed E-state index contributed by atoms with van der Waals surface area (Å²) in [6, 6.07) is 0. The highest BCUT2D eigenvalue weighted by molar-refractivity contribution is 5.77. The molecule has 0 aromatic carbocycles. The zero-order valence-electron chi connectivity index (χ0n) is 16.7. The lowest BCUT2D eigenvalue weighted by atomic mass is 9.68. The largest absolute Gasteiger partial charge is 0.388 e. The number of aliphatic hydroxyl groups is 1. The molecule has 0 bridgehead atoms. The summed E-state index contributed by atoms with van der Waals surface area (Å²) in [4.78, 5) is 12.3. The predicted molar refractivity (Wildman–Crippen MR) is 100 cm³/mol. The van der Waals surface area contributed by atoms with Gasteiger partial charge in [0.1, 0.15) is 0 Å². The number of amides is 1. The van der Waals surface area contributed by atoms with Crippen molar-refractivity contribution in [1.29, 1.82) is 0 Å². The van der Waals surface area contributed by atoms with E-state index in [1.54, 1.807) is 0 Å². The second-order valence-corrected chi connectivity index (χ2v) is 9.09. The maximum Gasteiger partial charge on any atom is 0.220 e. The van der Waals surface area contributed by atoms with Gasteiger partial charge in [0.2, 0.25) is 5.91 Å². The van der Waals surface area contributed by atoms with Gasteiger partial charge in [-0.25, -0.2) is 0 Å². The fraction of sp³-hybridized carbons (Fsp3) is 0.800. The molecule has 0 saturated heterocycles. The van der Waals surface area contributed by atoms with Crippen LogP contribution in [0.15, 0.2) is 0 Å². The van der Waals surface area contributed by atoms with Crippen molar-refractivity contribution in [2.45, 2.75) is 85.2 Å². The molecule has 3 N–H and O–H groups in total. The van der Waals surface area contributed by atoms with Crippen LogP contribution in [0.4, 0.5) is 0 Å². The van der Waals surface area contributed by atoms with Crippen LogP contribution >= 0.6 is 0 Å². The second-order valence-electron chi connectivity index (χ2n) is 9.09. The van der Waals surface area contributed by atoms with Gasteiger partial charge in [-0.15, -0.1) is 0 Å². The van der Waals surface area contributed by atoms with E-state index >= 15 is 0 Å². The SMILES string of the molecule is Cc1n[nH]c(C)c1C(C)CC(=O)NCC1(O)CCC(C(C)(C)C)CC1. The van der Waals surface area contributed by atoms with Crippen molar-refractivity contribution in [1.82, 2.24) is 15.5 Å². The van der Waals surface area contributed by atoms with Crippen LogP contribution in [-0.2, 0) is 4.79 Å². The van der Waals surface area contributed by atoms with Crippen LogP contribution in [0, 0.1) is 25.2 Å². The molecule has 1 amide bonds. The van der Waals surface area contributed by atoms with Gasteiger partial charge in [0.15, 0.2) is 0 Å². The number of nitrogens with zero attached hydrogens (tertiary/aromatic N) is 1. The zero-order valence-corrected chi connectivity index (χ0v) is 16.7. The molecule has 1 unspecified atom stereocenters. The number of rotatable bonds is 5. The minimum Gasteiger partial charge on any atom is -0.388 e. The van der Waals surface area contributed by atoms with E-state index in [0.717, 1.165) is 42.6 Å². The van der Waals surface area contributed by atoms with E-state index in [1.807, 2.05) is 20.8 Å². The predicted octanol–water partition coefficient (Wildman–Crippen LogP) is 3.60. The number of H-pyrrole nitrogens is 1. The molecule has 1 saturated carbocycles. The second kappa shape index (κ2) is 7.48. The average Bonchev–Trinajstić information content (AvgIpc) is 2.84. The van der Waals surface area contributed by atoms with Crippen molar-refractivity contribution in [2.24, 2.45) is 11.3 Å². The van der Waals surface area contributed by atoms with Crippen LogP contribution < -0.4 is 5.32 Å². The molecule has 5 nitrogen and oxygen atoms in total. The lowest BCUT2D eigenvalue weighted by molar-refractivity contribution is -0.123. The normalized spacial score (nSPS) is 25.6. The lowest BCUT2D eigenvalue weighted by Crippen LogP contribution is -2.46. The number of aromatic nitrogens is 2. The molecule has 25 heavy (non-hydrogen) atoms. The molecule has 2 rings (SSSR count). The summed E-state index contributed by atoms with van der Waals surface area (Å²) in [6.07, 6.45) is 4.01. The summed E-state index contributed by atoms with van der Waals surface area (Å²) < 4.78 is 0. The van der Waals surface area contributed by atoms with Crippen molar-refractivity contribution in [2.75, 3.05) is 6.54 Å². The molecule has 1 aliphatic carbocycles. The third-order valence-corrected chi connectivity index (χ3v) is 5.93. The van der Waals surface area contributed by atoms with Crippen LogP contribution in [-0.4, -0.2) is 33.4 Å². The fourth-order valence-electron chi connectivity index (χ4n) is 4.20. The van der Waals surface area contributed by atoms with Crippen molar-refractivity contribution in [3.63, 3.8) is 0 Å².